The molecule has 0 aliphatic heterocycles. The number of carboxylic acids is 2. The summed E-state index contributed by atoms with van der Waals surface area (Å²) in [4.78, 5) is 41.9. The summed E-state index contributed by atoms with van der Waals surface area (Å²) in [5, 5.41) is 33.0. The van der Waals surface area contributed by atoms with E-state index in [9.17, 15) is 19.2 Å². The molecule has 0 bridgehead atoms. The van der Waals surface area contributed by atoms with Crippen LogP contribution in [-0.4, -0.2) is 74.2 Å². The van der Waals surface area contributed by atoms with Crippen LogP contribution in [0.3, 0.4) is 0 Å². The maximum absolute atomic E-state index is 11.2. The van der Waals surface area contributed by atoms with Gasteiger partial charge in [0.15, 0.2) is 12.2 Å². The minimum absolute atomic E-state index is 0. The maximum atomic E-state index is 11.2. The fourth-order valence-corrected chi connectivity index (χ4v) is 0.641. The number of rotatable bonds is 6. The number of aliphatic hydroxyl groups excluding tert-OH is 2. The van der Waals surface area contributed by atoms with Gasteiger partial charge in [0.25, 0.3) is 0 Å². The number of carbonyl (C=O) groups is 4. The molecule has 26 heavy (non-hydrogen) atoms. The van der Waals surface area contributed by atoms with Crippen LogP contribution in [0.15, 0.2) is 0 Å². The molecule has 11 nitrogen and oxygen atoms in total. The first-order valence-electron chi connectivity index (χ1n) is 6.12. The van der Waals surface area contributed by atoms with Crippen molar-refractivity contribution in [2.45, 2.75) is 74.4 Å². The lowest BCUT2D eigenvalue weighted by Crippen LogP contribution is -2.34. The molecule has 4 unspecified atom stereocenters. The Bertz CT molecular complexity index is 404. The van der Waals surface area contributed by atoms with Gasteiger partial charge in [0.1, 0.15) is 12.2 Å². The fraction of sp³-hybridized carbons (Fsp3) is 0.733. The molecule has 0 radical (unpaired) electrons. The van der Waals surface area contributed by atoms with Gasteiger partial charge in [-0.3, -0.25) is 0 Å². The summed E-state index contributed by atoms with van der Waals surface area (Å²) in [5.74, 6) is -4.45. The Morgan fingerprint density at radius 2 is 0.962 bits per heavy atom. The van der Waals surface area contributed by atoms with E-state index in [4.69, 9.17) is 20.4 Å². The molecule has 160 valence electrons. The molecule has 0 aromatic carbocycles. The van der Waals surface area contributed by atoms with Gasteiger partial charge in [-0.05, 0) is 27.7 Å². The first kappa shape index (κ1) is 39.0. The standard InChI is InChI=1S/C9H14O7.C3H6O3.3CH4.H2O/c1-4(10)8(13)16-6(3)9(14)15-5(2)7(11)12;1-2(4)3(5)6;;;;/h4-6,10H,1-3H3,(H,11,12);2,4H,1H3,(H,5,6);3*1H4;1H2. The number of hydrogen-bond donors (Lipinski definition) is 4. The second-order valence-electron chi connectivity index (χ2n) is 4.19. The average Bonchev–Trinajstić information content (AvgIpc) is 2.38. The van der Waals surface area contributed by atoms with E-state index in [2.05, 4.69) is 9.47 Å². The number of carboxylic acid groups (broad SMARTS) is 2. The molecule has 0 aliphatic carbocycles. The van der Waals surface area contributed by atoms with Gasteiger partial charge in [-0.2, -0.15) is 0 Å². The van der Waals surface area contributed by atoms with Crippen LogP contribution in [0.1, 0.15) is 50.0 Å². The Kier molecular flexibility index (Phi) is 28.7. The van der Waals surface area contributed by atoms with Crippen molar-refractivity contribution in [1.82, 2.24) is 0 Å². The Morgan fingerprint density at radius 3 is 1.19 bits per heavy atom. The molecule has 0 rings (SSSR count). The molecule has 4 atom stereocenters. The van der Waals surface area contributed by atoms with E-state index in [0.29, 0.717) is 0 Å². The second-order valence-corrected chi connectivity index (χ2v) is 4.19. The smallest absolute Gasteiger partial charge is 0.347 e. The molecular weight excluding hydrogens is 356 g/mol. The van der Waals surface area contributed by atoms with Crippen LogP contribution in [-0.2, 0) is 28.7 Å². The summed E-state index contributed by atoms with van der Waals surface area (Å²) >= 11 is 0. The summed E-state index contributed by atoms with van der Waals surface area (Å²) in [6, 6.07) is 0. The molecule has 0 aromatic rings. The van der Waals surface area contributed by atoms with Crippen molar-refractivity contribution in [1.29, 1.82) is 0 Å². The Balaban J connectivity index is -0.0000000875. The zero-order valence-electron chi connectivity index (χ0n) is 13.0. The van der Waals surface area contributed by atoms with Crippen LogP contribution in [0.5, 0.6) is 0 Å². The minimum Gasteiger partial charge on any atom is -0.479 e. The van der Waals surface area contributed by atoms with E-state index in [0.717, 1.165) is 0 Å². The maximum Gasteiger partial charge on any atom is 0.347 e. The number of ether oxygens (including phenoxy) is 2. The molecule has 0 spiro atoms. The van der Waals surface area contributed by atoms with Gasteiger partial charge in [-0.15, -0.1) is 0 Å². The third-order valence-corrected chi connectivity index (χ3v) is 1.96. The highest BCUT2D eigenvalue weighted by atomic mass is 16.6. The highest BCUT2D eigenvalue weighted by molar-refractivity contribution is 5.83. The first-order chi connectivity index (χ1) is 9.89. The lowest BCUT2D eigenvalue weighted by molar-refractivity contribution is -0.177. The quantitative estimate of drug-likeness (QED) is 0.442. The zero-order valence-corrected chi connectivity index (χ0v) is 13.0. The third kappa shape index (κ3) is 19.8. The molecule has 0 aromatic heterocycles. The lowest BCUT2D eigenvalue weighted by atomic mass is 10.3. The lowest BCUT2D eigenvalue weighted by Gasteiger charge is -2.15. The highest BCUT2D eigenvalue weighted by Gasteiger charge is 2.25. The van der Waals surface area contributed by atoms with Crippen molar-refractivity contribution in [2.24, 2.45) is 0 Å². The minimum atomic E-state index is -1.35. The normalized spacial score (nSPS) is 12.8. The van der Waals surface area contributed by atoms with Gasteiger partial charge in [-0.1, -0.05) is 22.3 Å². The topological polar surface area (TPSA) is 199 Å². The Morgan fingerprint density at radius 1 is 0.654 bits per heavy atom. The van der Waals surface area contributed by atoms with Crippen LogP contribution >= 0.6 is 0 Å². The van der Waals surface area contributed by atoms with E-state index < -0.39 is 48.3 Å². The third-order valence-electron chi connectivity index (χ3n) is 1.96. The summed E-state index contributed by atoms with van der Waals surface area (Å²) in [5.41, 5.74) is 0. The number of hydrogen-bond acceptors (Lipinski definition) is 8. The van der Waals surface area contributed by atoms with Gasteiger partial charge in [0.05, 0.1) is 0 Å². The monoisotopic (exact) mass is 390 g/mol. The van der Waals surface area contributed by atoms with Crippen molar-refractivity contribution < 1.29 is 54.6 Å². The van der Waals surface area contributed by atoms with E-state index >= 15 is 0 Å². The summed E-state index contributed by atoms with van der Waals surface area (Å²) in [6.07, 6.45) is -5.17. The molecule has 0 saturated heterocycles. The number of aliphatic hydroxyl groups is 2. The molecular formula is C15H34O11. The van der Waals surface area contributed by atoms with Gasteiger partial charge >= 0.3 is 23.9 Å². The van der Waals surface area contributed by atoms with Crippen LogP contribution < -0.4 is 0 Å². The van der Waals surface area contributed by atoms with Crippen LogP contribution in [0, 0.1) is 0 Å². The number of carbonyl (C=O) groups excluding carboxylic acids is 2. The Labute approximate surface area is 153 Å². The molecule has 0 amide bonds. The van der Waals surface area contributed by atoms with E-state index in [1.165, 1.54) is 27.7 Å². The summed E-state index contributed by atoms with van der Waals surface area (Å²) < 4.78 is 8.95. The van der Waals surface area contributed by atoms with Gasteiger partial charge in [0.2, 0.25) is 0 Å². The second kappa shape index (κ2) is 19.1. The van der Waals surface area contributed by atoms with Crippen molar-refractivity contribution >= 4 is 23.9 Å². The molecule has 0 aliphatic rings. The van der Waals surface area contributed by atoms with Gasteiger partial charge < -0.3 is 35.4 Å². The van der Waals surface area contributed by atoms with Crippen molar-refractivity contribution in [3.05, 3.63) is 0 Å². The van der Waals surface area contributed by atoms with Crippen molar-refractivity contribution in [3.8, 4) is 0 Å². The largest absolute Gasteiger partial charge is 0.479 e. The van der Waals surface area contributed by atoms with Crippen LogP contribution in [0.4, 0.5) is 0 Å². The zero-order chi connectivity index (χ0) is 18.0. The van der Waals surface area contributed by atoms with Gasteiger partial charge in [-0.25, -0.2) is 19.2 Å². The van der Waals surface area contributed by atoms with E-state index in [-0.39, 0.29) is 27.8 Å². The average molecular weight is 390 g/mol. The van der Waals surface area contributed by atoms with E-state index in [1.807, 2.05) is 0 Å². The first-order valence-corrected chi connectivity index (χ1v) is 6.12. The Hall–Kier alpha value is -2.24. The van der Waals surface area contributed by atoms with Gasteiger partial charge in [0, 0.05) is 0 Å². The predicted molar refractivity (Wildman–Crippen MR) is 93.5 cm³/mol. The van der Waals surface area contributed by atoms with Crippen molar-refractivity contribution in [3.63, 3.8) is 0 Å². The van der Waals surface area contributed by atoms with Crippen LogP contribution in [0.25, 0.3) is 0 Å². The highest BCUT2D eigenvalue weighted by Crippen LogP contribution is 2.01. The number of aliphatic carboxylic acids is 2. The molecule has 11 heteroatoms. The SMILES string of the molecule is C.C.C.CC(O)C(=O)O.CC(O)C(=O)OC(C)C(=O)OC(C)C(=O)O.O. The predicted octanol–water partition coefficient (Wildman–Crippen LogP) is -0.149. The van der Waals surface area contributed by atoms with Crippen LogP contribution in [0.2, 0.25) is 0 Å². The fourth-order valence-electron chi connectivity index (χ4n) is 0.641. The molecule has 0 heterocycles. The summed E-state index contributed by atoms with van der Waals surface area (Å²) in [7, 11) is 0. The molecule has 0 saturated carbocycles. The van der Waals surface area contributed by atoms with E-state index in [1.54, 1.807) is 0 Å². The van der Waals surface area contributed by atoms with Crippen molar-refractivity contribution in [2.75, 3.05) is 0 Å². The number of esters is 2. The molecule has 0 fully saturated rings. The molecule has 6 N–H and O–H groups in total. The summed E-state index contributed by atoms with van der Waals surface area (Å²) in [6.45, 7) is 4.77.